The molecule has 2 N–H and O–H groups in total. The maximum Gasteiger partial charge on any atom is 0.272 e. The summed E-state index contributed by atoms with van der Waals surface area (Å²) in [6.45, 7) is 6.33. The Balaban J connectivity index is 1.78. The molecule has 1 unspecified atom stereocenters. The molecule has 12 nitrogen and oxygen atoms in total. The van der Waals surface area contributed by atoms with Crippen molar-refractivity contribution >= 4 is 33.2 Å². The number of benzene rings is 2. The first-order valence-corrected chi connectivity index (χ1v) is 14.5. The van der Waals surface area contributed by atoms with Crippen molar-refractivity contribution in [3.05, 3.63) is 68.9 Å². The topological polar surface area (TPSA) is 155 Å². The fourth-order valence-electron chi connectivity index (χ4n) is 4.06. The molecule has 0 radical (unpaired) electrons. The Kier molecular flexibility index (Phi) is 9.08. The number of ether oxygens (including phenoxy) is 2. The van der Waals surface area contributed by atoms with Gasteiger partial charge in [0.25, 0.3) is 11.6 Å². The number of hydrogen-bond acceptors (Lipinski definition) is 8. The van der Waals surface area contributed by atoms with Crippen LogP contribution < -0.4 is 14.8 Å². The number of amides is 1. The van der Waals surface area contributed by atoms with Crippen molar-refractivity contribution in [3.63, 3.8) is 0 Å². The van der Waals surface area contributed by atoms with E-state index in [4.69, 9.17) is 21.1 Å². The zero-order valence-electron chi connectivity index (χ0n) is 22.2. The number of nitrogens with one attached hydrogen (secondary N) is 2. The lowest BCUT2D eigenvalue weighted by Crippen LogP contribution is -2.32. The number of aromatic nitrogens is 2. The fraction of sp³-hybridized carbons (Fsp3) is 0.385. The maximum absolute atomic E-state index is 13.2. The first-order chi connectivity index (χ1) is 19.0. The quantitative estimate of drug-likeness (QED) is 0.246. The lowest BCUT2D eigenvalue weighted by molar-refractivity contribution is -0.385. The van der Waals surface area contributed by atoms with Crippen molar-refractivity contribution in [1.82, 2.24) is 19.8 Å². The van der Waals surface area contributed by atoms with Gasteiger partial charge in [-0.15, -0.1) is 0 Å². The average Bonchev–Trinajstić information content (AvgIpc) is 3.54. The molecule has 1 fully saturated rings. The number of nitrogens with zero attached hydrogens (tertiary/aromatic N) is 3. The van der Waals surface area contributed by atoms with Crippen LogP contribution in [0.2, 0.25) is 5.02 Å². The second-order valence-electron chi connectivity index (χ2n) is 9.75. The highest BCUT2D eigenvalue weighted by Gasteiger charge is 2.28. The SMILES string of the molecule is Cc1c(C(=O)NCC2CCCO2)nn(-c2cccc(Cl)c2)c1Oc1ccc([N+](=O)[O-])cc1S(=O)(=O)NCC(C)C. The number of sulfonamides is 1. The molecule has 0 saturated carbocycles. The Bertz CT molecular complexity index is 1520. The van der Waals surface area contributed by atoms with E-state index < -0.39 is 31.4 Å². The zero-order valence-corrected chi connectivity index (χ0v) is 23.8. The number of nitro groups is 1. The highest BCUT2D eigenvalue weighted by atomic mass is 35.5. The fourth-order valence-corrected chi connectivity index (χ4v) is 5.60. The minimum Gasteiger partial charge on any atom is -0.437 e. The minimum atomic E-state index is -4.21. The van der Waals surface area contributed by atoms with E-state index in [-0.39, 0.29) is 35.9 Å². The van der Waals surface area contributed by atoms with Crippen LogP contribution in [0.3, 0.4) is 0 Å². The van der Waals surface area contributed by atoms with Gasteiger partial charge in [0.2, 0.25) is 15.9 Å². The number of hydrogen-bond donors (Lipinski definition) is 2. The van der Waals surface area contributed by atoms with Crippen LogP contribution in [0.4, 0.5) is 5.69 Å². The number of rotatable bonds is 11. The van der Waals surface area contributed by atoms with Crippen LogP contribution in [0.15, 0.2) is 47.4 Å². The maximum atomic E-state index is 13.2. The van der Waals surface area contributed by atoms with Crippen LogP contribution in [0.5, 0.6) is 11.6 Å². The van der Waals surface area contributed by atoms with Crippen molar-refractivity contribution in [3.8, 4) is 17.3 Å². The normalized spacial score (nSPS) is 15.4. The van der Waals surface area contributed by atoms with E-state index >= 15 is 0 Å². The third-order valence-electron chi connectivity index (χ3n) is 6.17. The molecule has 1 aromatic heterocycles. The van der Waals surface area contributed by atoms with Gasteiger partial charge in [0, 0.05) is 42.4 Å². The molecule has 40 heavy (non-hydrogen) atoms. The van der Waals surface area contributed by atoms with Crippen LogP contribution in [0.1, 0.15) is 42.7 Å². The summed E-state index contributed by atoms with van der Waals surface area (Å²) >= 11 is 6.20. The first-order valence-electron chi connectivity index (χ1n) is 12.7. The molecule has 2 heterocycles. The number of non-ortho nitro benzene ring substituents is 1. The minimum absolute atomic E-state index is 0.0138. The third kappa shape index (κ3) is 6.78. The summed E-state index contributed by atoms with van der Waals surface area (Å²) in [6, 6.07) is 9.92. The highest BCUT2D eigenvalue weighted by molar-refractivity contribution is 7.89. The largest absolute Gasteiger partial charge is 0.437 e. The molecule has 0 spiro atoms. The van der Waals surface area contributed by atoms with Gasteiger partial charge in [-0.2, -0.15) is 9.78 Å². The second kappa shape index (κ2) is 12.3. The Labute approximate surface area is 236 Å². The first kappa shape index (κ1) is 29.5. The van der Waals surface area contributed by atoms with Crippen molar-refractivity contribution in [2.75, 3.05) is 19.7 Å². The Hall–Kier alpha value is -3.52. The summed E-state index contributed by atoms with van der Waals surface area (Å²) in [5.41, 5.74) is 0.401. The molecule has 1 saturated heterocycles. The second-order valence-corrected chi connectivity index (χ2v) is 11.9. The average molecular weight is 592 g/mol. The lowest BCUT2D eigenvalue weighted by atomic mass is 10.2. The zero-order chi connectivity index (χ0) is 29.0. The van der Waals surface area contributed by atoms with Crippen molar-refractivity contribution in [2.24, 2.45) is 5.92 Å². The van der Waals surface area contributed by atoms with E-state index in [1.807, 2.05) is 13.8 Å². The van der Waals surface area contributed by atoms with Gasteiger partial charge in [-0.1, -0.05) is 31.5 Å². The Morgan fingerprint density at radius 1 is 1.30 bits per heavy atom. The molecule has 1 amide bonds. The summed E-state index contributed by atoms with van der Waals surface area (Å²) in [7, 11) is -4.21. The summed E-state index contributed by atoms with van der Waals surface area (Å²) in [5.74, 6) is -0.619. The standard InChI is InChI=1S/C26H30ClN5O7S/c1-16(2)14-29-40(36,37)23-13-20(32(34)35)9-10-22(23)39-26-17(3)24(25(33)28-15-21-8-5-11-38-21)30-31(26)19-7-4-6-18(27)12-19/h4,6-7,9-10,12-13,16,21,29H,5,8,11,14-15H2,1-3H3,(H,28,33). The number of carbonyl (C=O) groups excluding carboxylic acids is 1. The molecular weight excluding hydrogens is 562 g/mol. The van der Waals surface area contributed by atoms with E-state index in [1.54, 1.807) is 31.2 Å². The number of carbonyl (C=O) groups is 1. The van der Waals surface area contributed by atoms with Crippen molar-refractivity contribution in [1.29, 1.82) is 0 Å². The van der Waals surface area contributed by atoms with E-state index in [9.17, 15) is 23.3 Å². The van der Waals surface area contributed by atoms with Crippen molar-refractivity contribution in [2.45, 2.75) is 44.6 Å². The van der Waals surface area contributed by atoms with Crippen molar-refractivity contribution < 1.29 is 27.6 Å². The lowest BCUT2D eigenvalue weighted by Gasteiger charge is -2.15. The van der Waals surface area contributed by atoms with E-state index in [2.05, 4.69) is 15.1 Å². The summed E-state index contributed by atoms with van der Waals surface area (Å²) in [4.78, 5) is 23.5. The molecular formula is C26H30ClN5O7S. The monoisotopic (exact) mass is 591 g/mol. The van der Waals surface area contributed by atoms with E-state index in [0.717, 1.165) is 25.0 Å². The molecule has 1 atom stereocenters. The van der Waals surface area contributed by atoms with Crippen LogP contribution in [-0.4, -0.2) is 54.8 Å². The molecule has 0 bridgehead atoms. The molecule has 14 heteroatoms. The molecule has 1 aliphatic rings. The third-order valence-corrected chi connectivity index (χ3v) is 7.85. The van der Waals surface area contributed by atoms with Gasteiger partial charge in [-0.3, -0.25) is 14.9 Å². The summed E-state index contributed by atoms with van der Waals surface area (Å²) < 4.78 is 41.9. The Morgan fingerprint density at radius 2 is 2.08 bits per heavy atom. The highest BCUT2D eigenvalue weighted by Crippen LogP contribution is 2.36. The molecule has 214 valence electrons. The molecule has 1 aliphatic heterocycles. The molecule has 3 aromatic rings. The summed E-state index contributed by atoms with van der Waals surface area (Å²) in [5, 5.41) is 19.1. The van der Waals surface area contributed by atoms with E-state index in [1.165, 1.54) is 10.7 Å². The van der Waals surface area contributed by atoms with Gasteiger partial charge in [0.1, 0.15) is 10.6 Å². The van der Waals surface area contributed by atoms with Crippen LogP contribution in [0, 0.1) is 23.0 Å². The van der Waals surface area contributed by atoms with Gasteiger partial charge in [-0.25, -0.2) is 13.1 Å². The number of halogens is 1. The van der Waals surface area contributed by atoms with Gasteiger partial charge in [0.05, 0.1) is 16.7 Å². The van der Waals surface area contributed by atoms with Crippen LogP contribution in [-0.2, 0) is 14.8 Å². The smallest absolute Gasteiger partial charge is 0.272 e. The Morgan fingerprint density at radius 3 is 2.73 bits per heavy atom. The summed E-state index contributed by atoms with van der Waals surface area (Å²) in [6.07, 6.45) is 1.68. The molecule has 4 rings (SSSR count). The van der Waals surface area contributed by atoms with Gasteiger partial charge >= 0.3 is 0 Å². The van der Waals surface area contributed by atoms with Gasteiger partial charge in [-0.05, 0) is 49.9 Å². The predicted octanol–water partition coefficient (Wildman–Crippen LogP) is 4.38. The predicted molar refractivity (Wildman–Crippen MR) is 148 cm³/mol. The molecule has 0 aliphatic carbocycles. The van der Waals surface area contributed by atoms with Crippen LogP contribution in [0.25, 0.3) is 5.69 Å². The molecule has 2 aromatic carbocycles. The van der Waals surface area contributed by atoms with E-state index in [0.29, 0.717) is 29.4 Å². The van der Waals surface area contributed by atoms with Crippen LogP contribution >= 0.6 is 11.6 Å². The number of nitro benzene ring substituents is 1. The van der Waals surface area contributed by atoms with Gasteiger partial charge in [0.15, 0.2) is 5.69 Å². The van der Waals surface area contributed by atoms with Gasteiger partial charge < -0.3 is 14.8 Å².